The van der Waals surface area contributed by atoms with Crippen molar-refractivity contribution in [1.82, 2.24) is 4.57 Å². The smallest absolute Gasteiger partial charge is 0.181 e. The van der Waals surface area contributed by atoms with Gasteiger partial charge in [-0.2, -0.15) is 0 Å². The Hall–Kier alpha value is -2.03. The maximum Gasteiger partial charge on any atom is 0.181 e. The van der Waals surface area contributed by atoms with Crippen LogP contribution in [0.3, 0.4) is 0 Å². The fourth-order valence-corrected chi connectivity index (χ4v) is 1.46. The highest BCUT2D eigenvalue weighted by molar-refractivity contribution is 5.48. The second kappa shape index (κ2) is 3.61. The summed E-state index contributed by atoms with van der Waals surface area (Å²) in [6.07, 6.45) is 3.37. The van der Waals surface area contributed by atoms with Gasteiger partial charge in [0.15, 0.2) is 5.43 Å². The molecule has 2 rings (SSSR count). The summed E-state index contributed by atoms with van der Waals surface area (Å²) >= 11 is 0. The van der Waals surface area contributed by atoms with E-state index in [2.05, 4.69) is 0 Å². The van der Waals surface area contributed by atoms with E-state index in [9.17, 15) is 9.90 Å². The summed E-state index contributed by atoms with van der Waals surface area (Å²) in [5, 5.41) is 9.54. The quantitative estimate of drug-likeness (QED) is 0.765. The van der Waals surface area contributed by atoms with Gasteiger partial charge in [-0.15, -0.1) is 0 Å². The van der Waals surface area contributed by atoms with Gasteiger partial charge >= 0.3 is 0 Å². The highest BCUT2D eigenvalue weighted by atomic mass is 16.3. The van der Waals surface area contributed by atoms with E-state index in [4.69, 9.17) is 0 Å². The second-order valence-electron chi connectivity index (χ2n) is 3.36. The molecule has 0 saturated heterocycles. The van der Waals surface area contributed by atoms with Gasteiger partial charge in [-0.25, -0.2) is 0 Å². The fourth-order valence-electron chi connectivity index (χ4n) is 1.46. The van der Waals surface area contributed by atoms with Crippen LogP contribution < -0.4 is 5.43 Å². The molecule has 1 aromatic carbocycles. The maximum absolute atomic E-state index is 10.9. The molecule has 0 aliphatic heterocycles. The van der Waals surface area contributed by atoms with Gasteiger partial charge in [0.2, 0.25) is 0 Å². The first kappa shape index (κ1) is 9.52. The summed E-state index contributed by atoms with van der Waals surface area (Å²) in [5.41, 5.74) is 1.64. The van der Waals surface area contributed by atoms with Crippen molar-refractivity contribution in [3.8, 4) is 11.4 Å². The van der Waals surface area contributed by atoms with E-state index in [0.717, 1.165) is 11.3 Å². The van der Waals surface area contributed by atoms with Crippen LogP contribution >= 0.6 is 0 Å². The molecule has 3 heteroatoms. The Morgan fingerprint density at radius 3 is 2.47 bits per heavy atom. The highest BCUT2D eigenvalue weighted by Gasteiger charge is 2.02. The first-order valence-electron chi connectivity index (χ1n) is 4.66. The summed E-state index contributed by atoms with van der Waals surface area (Å²) in [6.45, 7) is 1.84. The SMILES string of the molecule is Cc1c(O)cccc1-n1ccc(=O)cc1. The average Bonchev–Trinajstić information content (AvgIpc) is 2.24. The predicted octanol–water partition coefficient (Wildman–Crippen LogP) is 1.85. The minimum Gasteiger partial charge on any atom is -0.508 e. The Labute approximate surface area is 87.2 Å². The van der Waals surface area contributed by atoms with E-state index in [1.807, 2.05) is 13.0 Å². The Morgan fingerprint density at radius 1 is 1.13 bits per heavy atom. The van der Waals surface area contributed by atoms with Gasteiger partial charge in [-0.3, -0.25) is 4.79 Å². The van der Waals surface area contributed by atoms with Gasteiger partial charge in [0.25, 0.3) is 0 Å². The highest BCUT2D eigenvalue weighted by Crippen LogP contribution is 2.22. The van der Waals surface area contributed by atoms with Crippen molar-refractivity contribution in [3.05, 3.63) is 58.5 Å². The van der Waals surface area contributed by atoms with E-state index < -0.39 is 0 Å². The molecule has 3 nitrogen and oxygen atoms in total. The van der Waals surface area contributed by atoms with E-state index in [1.54, 1.807) is 29.1 Å². The van der Waals surface area contributed by atoms with Crippen LogP contribution in [0.25, 0.3) is 5.69 Å². The van der Waals surface area contributed by atoms with Gasteiger partial charge in [-0.05, 0) is 19.1 Å². The molecular formula is C12H11NO2. The summed E-state index contributed by atoms with van der Waals surface area (Å²) < 4.78 is 1.80. The standard InChI is InChI=1S/C12H11NO2/c1-9-11(3-2-4-12(9)15)13-7-5-10(14)6-8-13/h2-8,15H,1H3. The molecule has 0 atom stereocenters. The number of phenolic OH excluding ortho intramolecular Hbond substituents is 1. The number of phenols is 1. The number of hydrogen-bond donors (Lipinski definition) is 1. The Balaban J connectivity index is 2.59. The molecule has 1 heterocycles. The topological polar surface area (TPSA) is 42.2 Å². The van der Waals surface area contributed by atoms with Crippen LogP contribution in [0.15, 0.2) is 47.5 Å². The molecule has 0 saturated carbocycles. The van der Waals surface area contributed by atoms with E-state index in [-0.39, 0.29) is 11.2 Å². The molecule has 1 aromatic heterocycles. The molecule has 0 aliphatic rings. The van der Waals surface area contributed by atoms with E-state index >= 15 is 0 Å². The second-order valence-corrected chi connectivity index (χ2v) is 3.36. The van der Waals surface area contributed by atoms with Crippen molar-refractivity contribution < 1.29 is 5.11 Å². The fraction of sp³-hybridized carbons (Fsp3) is 0.0833. The van der Waals surface area contributed by atoms with Crippen molar-refractivity contribution in [2.45, 2.75) is 6.92 Å². The minimum absolute atomic E-state index is 0.0240. The van der Waals surface area contributed by atoms with Crippen molar-refractivity contribution in [2.75, 3.05) is 0 Å². The number of aromatic nitrogens is 1. The zero-order valence-corrected chi connectivity index (χ0v) is 8.34. The van der Waals surface area contributed by atoms with Gasteiger partial charge < -0.3 is 9.67 Å². The molecule has 2 aromatic rings. The third-order valence-corrected chi connectivity index (χ3v) is 2.35. The Bertz CT molecular complexity index is 523. The summed E-state index contributed by atoms with van der Waals surface area (Å²) in [7, 11) is 0. The lowest BCUT2D eigenvalue weighted by Gasteiger charge is -2.10. The molecule has 0 amide bonds. The molecule has 1 N–H and O–H groups in total. The van der Waals surface area contributed by atoms with Crippen molar-refractivity contribution in [3.63, 3.8) is 0 Å². The predicted molar refractivity (Wildman–Crippen MR) is 58.4 cm³/mol. The van der Waals surface area contributed by atoms with Gasteiger partial charge in [0.1, 0.15) is 5.75 Å². The average molecular weight is 201 g/mol. The number of hydrogen-bond acceptors (Lipinski definition) is 2. The lowest BCUT2D eigenvalue weighted by molar-refractivity contribution is 0.470. The largest absolute Gasteiger partial charge is 0.508 e. The Morgan fingerprint density at radius 2 is 1.80 bits per heavy atom. The summed E-state index contributed by atoms with van der Waals surface area (Å²) in [5.74, 6) is 0.256. The van der Waals surface area contributed by atoms with Crippen LogP contribution in [-0.2, 0) is 0 Å². The Kier molecular flexibility index (Phi) is 2.29. The lowest BCUT2D eigenvalue weighted by Crippen LogP contribution is -2.02. The van der Waals surface area contributed by atoms with E-state index in [0.29, 0.717) is 0 Å². The van der Waals surface area contributed by atoms with Crippen LogP contribution in [0, 0.1) is 6.92 Å². The molecule has 0 aliphatic carbocycles. The number of benzene rings is 1. The summed E-state index contributed by atoms with van der Waals surface area (Å²) in [6, 6.07) is 8.28. The van der Waals surface area contributed by atoms with Gasteiger partial charge in [0.05, 0.1) is 5.69 Å². The number of nitrogens with zero attached hydrogens (tertiary/aromatic N) is 1. The van der Waals surface area contributed by atoms with Crippen molar-refractivity contribution in [1.29, 1.82) is 0 Å². The zero-order chi connectivity index (χ0) is 10.8. The number of pyridine rings is 1. The van der Waals surface area contributed by atoms with Crippen LogP contribution in [0.2, 0.25) is 0 Å². The number of rotatable bonds is 1. The van der Waals surface area contributed by atoms with Crippen LogP contribution in [0.5, 0.6) is 5.75 Å². The first-order valence-corrected chi connectivity index (χ1v) is 4.66. The number of aromatic hydroxyl groups is 1. The van der Waals surface area contributed by atoms with Crippen molar-refractivity contribution >= 4 is 0 Å². The lowest BCUT2D eigenvalue weighted by atomic mass is 10.2. The third-order valence-electron chi connectivity index (χ3n) is 2.35. The molecule has 0 fully saturated rings. The molecule has 15 heavy (non-hydrogen) atoms. The van der Waals surface area contributed by atoms with Gasteiger partial charge in [0, 0.05) is 30.1 Å². The minimum atomic E-state index is -0.0240. The molecule has 0 unspecified atom stereocenters. The molecule has 0 radical (unpaired) electrons. The maximum atomic E-state index is 10.9. The molecular weight excluding hydrogens is 190 g/mol. The molecule has 0 spiro atoms. The third kappa shape index (κ3) is 1.76. The van der Waals surface area contributed by atoms with Crippen LogP contribution in [0.4, 0.5) is 0 Å². The summed E-state index contributed by atoms with van der Waals surface area (Å²) in [4.78, 5) is 10.9. The zero-order valence-electron chi connectivity index (χ0n) is 8.34. The van der Waals surface area contributed by atoms with Crippen molar-refractivity contribution in [2.24, 2.45) is 0 Å². The van der Waals surface area contributed by atoms with Gasteiger partial charge in [-0.1, -0.05) is 6.07 Å². The monoisotopic (exact) mass is 201 g/mol. The van der Waals surface area contributed by atoms with Crippen LogP contribution in [0.1, 0.15) is 5.56 Å². The van der Waals surface area contributed by atoms with Crippen LogP contribution in [-0.4, -0.2) is 9.67 Å². The molecule has 76 valence electrons. The normalized spacial score (nSPS) is 10.2. The molecule has 0 bridgehead atoms. The first-order chi connectivity index (χ1) is 7.18. The van der Waals surface area contributed by atoms with E-state index in [1.165, 1.54) is 12.1 Å².